The molecule has 1 saturated heterocycles. The molecule has 2 aromatic rings. The smallest absolute Gasteiger partial charge is 0.410 e. The Morgan fingerprint density at radius 2 is 2.21 bits per heavy atom. The number of likely N-dealkylation sites (tertiary alicyclic amines) is 1. The fourth-order valence-electron chi connectivity index (χ4n) is 3.07. The first-order valence-electron chi connectivity index (χ1n) is 8.38. The molecule has 2 heterocycles. The van der Waals surface area contributed by atoms with Gasteiger partial charge in [-0.3, -0.25) is 0 Å². The summed E-state index contributed by atoms with van der Waals surface area (Å²) in [5.74, 6) is 0.331. The van der Waals surface area contributed by atoms with Gasteiger partial charge >= 0.3 is 6.09 Å². The number of hydrogen-bond acceptors (Lipinski definition) is 5. The van der Waals surface area contributed by atoms with E-state index < -0.39 is 5.60 Å². The van der Waals surface area contributed by atoms with Crippen molar-refractivity contribution in [1.29, 1.82) is 0 Å². The molecule has 24 heavy (non-hydrogen) atoms. The van der Waals surface area contributed by atoms with Gasteiger partial charge < -0.3 is 15.4 Å². The molecule has 1 atom stereocenters. The first-order valence-corrected chi connectivity index (χ1v) is 8.38. The summed E-state index contributed by atoms with van der Waals surface area (Å²) in [7, 11) is 0. The Bertz CT molecular complexity index is 734. The molecule has 1 aliphatic rings. The summed E-state index contributed by atoms with van der Waals surface area (Å²) in [5.41, 5.74) is 7.87. The van der Waals surface area contributed by atoms with Crippen LogP contribution < -0.4 is 5.73 Å². The van der Waals surface area contributed by atoms with Crippen LogP contribution in [-0.2, 0) is 11.3 Å². The number of carbonyl (C=O) groups is 1. The molecule has 1 aliphatic heterocycles. The quantitative estimate of drug-likeness (QED) is 0.855. The number of aromatic nitrogens is 3. The number of piperidine rings is 1. The van der Waals surface area contributed by atoms with Crippen molar-refractivity contribution < 1.29 is 9.53 Å². The summed E-state index contributed by atoms with van der Waals surface area (Å²) in [5, 5.41) is 8.42. The van der Waals surface area contributed by atoms with E-state index in [9.17, 15) is 4.79 Å². The van der Waals surface area contributed by atoms with E-state index in [4.69, 9.17) is 10.5 Å². The molecule has 1 unspecified atom stereocenters. The molecule has 7 heteroatoms. The van der Waals surface area contributed by atoms with Gasteiger partial charge in [-0.05, 0) is 57.7 Å². The zero-order chi connectivity index (χ0) is 17.3. The van der Waals surface area contributed by atoms with Gasteiger partial charge in [0.15, 0.2) is 0 Å². The van der Waals surface area contributed by atoms with Gasteiger partial charge in [0.05, 0.1) is 5.52 Å². The van der Waals surface area contributed by atoms with E-state index in [0.29, 0.717) is 18.2 Å². The molecular formula is C17H25N5O2. The fraction of sp³-hybridized carbons (Fsp3) is 0.588. The SMILES string of the molecule is CC(C)(C)OC(=O)N1CCCC(Cn2nnc3ccc(N)cc32)C1. The highest BCUT2D eigenvalue weighted by molar-refractivity contribution is 5.78. The number of fused-ring (bicyclic) bond motifs is 1. The normalized spacial score (nSPS) is 18.8. The van der Waals surface area contributed by atoms with Crippen LogP contribution in [0.5, 0.6) is 0 Å². The second-order valence-corrected chi connectivity index (χ2v) is 7.45. The summed E-state index contributed by atoms with van der Waals surface area (Å²) >= 11 is 0. The van der Waals surface area contributed by atoms with Crippen LogP contribution in [0, 0.1) is 5.92 Å². The highest BCUT2D eigenvalue weighted by Gasteiger charge is 2.28. The third-order valence-electron chi connectivity index (χ3n) is 4.14. The Hall–Kier alpha value is -2.31. The summed E-state index contributed by atoms with van der Waals surface area (Å²) in [6.45, 7) is 7.81. The first-order chi connectivity index (χ1) is 11.3. The summed E-state index contributed by atoms with van der Waals surface area (Å²) < 4.78 is 7.37. The van der Waals surface area contributed by atoms with E-state index >= 15 is 0 Å². The van der Waals surface area contributed by atoms with Gasteiger partial charge in [-0.15, -0.1) is 5.10 Å². The zero-order valence-electron chi connectivity index (χ0n) is 14.5. The minimum absolute atomic E-state index is 0.236. The third-order valence-corrected chi connectivity index (χ3v) is 4.14. The molecule has 2 N–H and O–H groups in total. The number of benzene rings is 1. The Balaban J connectivity index is 1.68. The second kappa shape index (κ2) is 6.30. The maximum atomic E-state index is 12.3. The highest BCUT2D eigenvalue weighted by atomic mass is 16.6. The van der Waals surface area contributed by atoms with Gasteiger partial charge in [0.1, 0.15) is 11.1 Å². The van der Waals surface area contributed by atoms with Gasteiger partial charge in [0.2, 0.25) is 0 Å². The van der Waals surface area contributed by atoms with Crippen molar-refractivity contribution in [3.63, 3.8) is 0 Å². The number of amides is 1. The third kappa shape index (κ3) is 3.77. The topological polar surface area (TPSA) is 86.3 Å². The maximum Gasteiger partial charge on any atom is 0.410 e. The van der Waals surface area contributed by atoms with E-state index in [-0.39, 0.29) is 6.09 Å². The monoisotopic (exact) mass is 331 g/mol. The molecule has 7 nitrogen and oxygen atoms in total. The molecule has 0 saturated carbocycles. The second-order valence-electron chi connectivity index (χ2n) is 7.45. The Morgan fingerprint density at radius 3 is 2.96 bits per heavy atom. The lowest BCUT2D eigenvalue weighted by Crippen LogP contribution is -2.43. The van der Waals surface area contributed by atoms with Crippen LogP contribution in [0.3, 0.4) is 0 Å². The van der Waals surface area contributed by atoms with Crippen LogP contribution in [0.2, 0.25) is 0 Å². The van der Waals surface area contributed by atoms with Crippen molar-refractivity contribution >= 4 is 22.8 Å². The predicted molar refractivity (Wildman–Crippen MR) is 92.5 cm³/mol. The molecular weight excluding hydrogens is 306 g/mol. The van der Waals surface area contributed by atoms with Crippen LogP contribution in [0.1, 0.15) is 33.6 Å². The largest absolute Gasteiger partial charge is 0.444 e. The number of anilines is 1. The molecule has 1 aromatic carbocycles. The number of nitrogen functional groups attached to an aromatic ring is 1. The summed E-state index contributed by atoms with van der Waals surface area (Å²) in [6.07, 6.45) is 1.79. The lowest BCUT2D eigenvalue weighted by atomic mass is 9.98. The molecule has 0 bridgehead atoms. The maximum absolute atomic E-state index is 12.3. The standard InChI is InChI=1S/C17H25N5O2/c1-17(2,3)24-16(23)21-8-4-5-12(10-21)11-22-15-9-13(18)6-7-14(15)19-20-22/h6-7,9,12H,4-5,8,10-11,18H2,1-3H3. The van der Waals surface area contributed by atoms with E-state index in [2.05, 4.69) is 10.3 Å². The van der Waals surface area contributed by atoms with Crippen molar-refractivity contribution in [3.8, 4) is 0 Å². The number of nitrogens with two attached hydrogens (primary N) is 1. The van der Waals surface area contributed by atoms with Crippen molar-refractivity contribution in [3.05, 3.63) is 18.2 Å². The van der Waals surface area contributed by atoms with E-state index in [1.54, 1.807) is 4.90 Å². The number of carbonyl (C=O) groups excluding carboxylic acids is 1. The Labute approximate surface area is 141 Å². The van der Waals surface area contributed by atoms with Crippen molar-refractivity contribution in [1.82, 2.24) is 19.9 Å². The number of nitrogens with zero attached hydrogens (tertiary/aromatic N) is 4. The lowest BCUT2D eigenvalue weighted by Gasteiger charge is -2.34. The lowest BCUT2D eigenvalue weighted by molar-refractivity contribution is 0.0156. The zero-order valence-corrected chi connectivity index (χ0v) is 14.5. The molecule has 3 rings (SSSR count). The Kier molecular flexibility index (Phi) is 4.34. The van der Waals surface area contributed by atoms with E-state index in [0.717, 1.165) is 37.0 Å². The van der Waals surface area contributed by atoms with Gasteiger partial charge in [-0.1, -0.05) is 5.21 Å². The molecule has 1 aromatic heterocycles. The predicted octanol–water partition coefficient (Wildman–Crippen LogP) is 2.66. The van der Waals surface area contributed by atoms with Crippen molar-refractivity contribution in [2.45, 2.75) is 45.8 Å². The average Bonchev–Trinajstić information content (AvgIpc) is 2.88. The summed E-state index contributed by atoms with van der Waals surface area (Å²) in [4.78, 5) is 14.1. The van der Waals surface area contributed by atoms with Gasteiger partial charge in [0, 0.05) is 25.3 Å². The Morgan fingerprint density at radius 1 is 1.42 bits per heavy atom. The van der Waals surface area contributed by atoms with Crippen LogP contribution in [0.4, 0.5) is 10.5 Å². The van der Waals surface area contributed by atoms with Crippen molar-refractivity contribution in [2.75, 3.05) is 18.8 Å². The first kappa shape index (κ1) is 16.5. The van der Waals surface area contributed by atoms with Gasteiger partial charge in [-0.2, -0.15) is 0 Å². The minimum atomic E-state index is -0.469. The molecule has 0 aliphatic carbocycles. The highest BCUT2D eigenvalue weighted by Crippen LogP contribution is 2.22. The number of ether oxygens (including phenoxy) is 1. The fourth-order valence-corrected chi connectivity index (χ4v) is 3.07. The molecule has 0 spiro atoms. The molecule has 1 fully saturated rings. The average molecular weight is 331 g/mol. The number of rotatable bonds is 2. The molecule has 1 amide bonds. The number of hydrogen-bond donors (Lipinski definition) is 1. The van der Waals surface area contributed by atoms with Gasteiger partial charge in [-0.25, -0.2) is 9.48 Å². The van der Waals surface area contributed by atoms with Gasteiger partial charge in [0.25, 0.3) is 0 Å². The van der Waals surface area contributed by atoms with Crippen LogP contribution >= 0.6 is 0 Å². The molecule has 0 radical (unpaired) electrons. The summed E-state index contributed by atoms with van der Waals surface area (Å²) in [6, 6.07) is 5.60. The molecule has 130 valence electrons. The van der Waals surface area contributed by atoms with E-state index in [1.165, 1.54) is 0 Å². The van der Waals surface area contributed by atoms with E-state index in [1.807, 2.05) is 43.7 Å². The van der Waals surface area contributed by atoms with Crippen LogP contribution in [-0.4, -0.2) is 44.7 Å². The van der Waals surface area contributed by atoms with Crippen molar-refractivity contribution in [2.24, 2.45) is 5.92 Å². The van der Waals surface area contributed by atoms with Crippen LogP contribution in [0.15, 0.2) is 18.2 Å². The van der Waals surface area contributed by atoms with Crippen LogP contribution in [0.25, 0.3) is 11.0 Å². The minimum Gasteiger partial charge on any atom is -0.444 e.